The predicted molar refractivity (Wildman–Crippen MR) is 101 cm³/mol. The molecule has 158 valence electrons. The number of rotatable bonds is 0. The summed E-state index contributed by atoms with van der Waals surface area (Å²) in [4.78, 5) is 0. The first kappa shape index (κ1) is 17.3. The summed E-state index contributed by atoms with van der Waals surface area (Å²) in [6.45, 7) is 0. The van der Waals surface area contributed by atoms with Gasteiger partial charge in [-0.1, -0.05) is 12.1 Å². The molecule has 4 aromatic rings. The summed E-state index contributed by atoms with van der Waals surface area (Å²) < 4.78 is 102. The van der Waals surface area contributed by atoms with Gasteiger partial charge in [-0.05, 0) is 17.5 Å². The Kier molecular flexibility index (Phi) is 2.64. The van der Waals surface area contributed by atoms with Gasteiger partial charge in [0.1, 0.15) is 0 Å². The van der Waals surface area contributed by atoms with Crippen molar-refractivity contribution in [1.29, 1.82) is 0 Å². The quantitative estimate of drug-likeness (QED) is 0.333. The molecule has 15 heteroatoms. The molecule has 0 spiro atoms. The second-order valence-corrected chi connectivity index (χ2v) is 10.2. The molecule has 3 aliphatic heterocycles. The molecule has 0 radical (unpaired) electrons. The van der Waals surface area contributed by atoms with E-state index in [1.54, 1.807) is 18.2 Å². The molecule has 12 nitrogen and oxygen atoms in total. The Hall–Kier alpha value is -3.43. The largest absolute Gasteiger partial charge is 0.501 e. The van der Waals surface area contributed by atoms with Crippen LogP contribution in [0, 0.1) is 0 Å². The predicted octanol–water partition coefficient (Wildman–Crippen LogP) is 1.63. The molecule has 4 aromatic carbocycles. The van der Waals surface area contributed by atoms with Crippen molar-refractivity contribution in [2.24, 2.45) is 0 Å². The summed E-state index contributed by atoms with van der Waals surface area (Å²) in [7, 11) is -13.9. The Morgan fingerprint density at radius 3 is 1.68 bits per heavy atom. The van der Waals surface area contributed by atoms with Gasteiger partial charge >= 0.3 is 31.2 Å². The molecule has 0 N–H and O–H groups in total. The fourth-order valence-corrected chi connectivity index (χ4v) is 6.38. The van der Waals surface area contributed by atoms with Crippen molar-refractivity contribution in [3.05, 3.63) is 24.3 Å². The van der Waals surface area contributed by atoms with Crippen LogP contribution in [0.15, 0.2) is 24.3 Å². The minimum absolute atomic E-state index is 0.0633. The molecule has 0 amide bonds. The summed E-state index contributed by atoms with van der Waals surface area (Å²) in [6.07, 6.45) is 0. The lowest BCUT2D eigenvalue weighted by Crippen LogP contribution is -2.25. The van der Waals surface area contributed by atoms with Crippen LogP contribution < -0.4 is 25.1 Å². The third-order valence-corrected chi connectivity index (χ3v) is 7.30. The van der Waals surface area contributed by atoms with Crippen LogP contribution in [-0.4, -0.2) is 25.3 Å². The molecule has 3 heterocycles. The fraction of sp³-hybridized carbons (Fsp3) is 0. The van der Waals surface area contributed by atoms with Crippen molar-refractivity contribution < 1.29 is 50.4 Å². The van der Waals surface area contributed by atoms with E-state index in [1.165, 1.54) is 6.07 Å². The van der Waals surface area contributed by atoms with Gasteiger partial charge in [-0.25, -0.2) is 0 Å². The average molecular weight is 484 g/mol. The zero-order chi connectivity index (χ0) is 21.5. The third kappa shape index (κ3) is 2.04. The van der Waals surface area contributed by atoms with Gasteiger partial charge in [-0.3, -0.25) is 0 Å². The van der Waals surface area contributed by atoms with Gasteiger partial charge in [0.05, 0.1) is 10.8 Å². The standard InChI is InChI=1S/C16H4O12S3/c17-29(18)23-7-4-2-5-1-3-6-9-8(5)10(7)13(25-29)14-11(9)15(27-31(21,22)26-14)16-12(6)24-30(19,20)28-16/h1-4H. The maximum atomic E-state index is 12.3. The van der Waals surface area contributed by atoms with Crippen molar-refractivity contribution >= 4 is 63.5 Å². The first-order chi connectivity index (χ1) is 14.5. The zero-order valence-corrected chi connectivity index (χ0v) is 16.9. The molecule has 3 aliphatic rings. The second-order valence-electron chi connectivity index (χ2n) is 6.77. The normalized spacial score (nSPS) is 20.8. The molecule has 0 saturated carbocycles. The highest BCUT2D eigenvalue weighted by Crippen LogP contribution is 2.62. The minimum Gasteiger partial charge on any atom is -0.352 e. The molecular weight excluding hydrogens is 480 g/mol. The Morgan fingerprint density at radius 2 is 0.968 bits per heavy atom. The third-order valence-electron chi connectivity index (χ3n) is 5.06. The van der Waals surface area contributed by atoms with Crippen molar-refractivity contribution in [2.45, 2.75) is 0 Å². The van der Waals surface area contributed by atoms with Crippen molar-refractivity contribution in [1.82, 2.24) is 0 Å². The number of fused-ring (bicyclic) bond motifs is 4. The van der Waals surface area contributed by atoms with Gasteiger partial charge in [0.15, 0.2) is 5.75 Å². The van der Waals surface area contributed by atoms with E-state index in [0.717, 1.165) is 0 Å². The molecule has 0 unspecified atom stereocenters. The van der Waals surface area contributed by atoms with E-state index >= 15 is 0 Å². The first-order valence-corrected chi connectivity index (χ1v) is 12.3. The monoisotopic (exact) mass is 484 g/mol. The van der Waals surface area contributed by atoms with E-state index in [9.17, 15) is 25.3 Å². The van der Waals surface area contributed by atoms with Crippen molar-refractivity contribution in [3.63, 3.8) is 0 Å². The minimum atomic E-state index is -4.80. The van der Waals surface area contributed by atoms with Crippen molar-refractivity contribution in [2.75, 3.05) is 0 Å². The van der Waals surface area contributed by atoms with Crippen LogP contribution in [0.2, 0.25) is 0 Å². The summed E-state index contributed by atoms with van der Waals surface area (Å²) in [5.74, 6) is -2.41. The second kappa shape index (κ2) is 4.74. The molecule has 0 aromatic heterocycles. The number of hydrogen-bond acceptors (Lipinski definition) is 12. The Morgan fingerprint density at radius 1 is 0.452 bits per heavy atom. The van der Waals surface area contributed by atoms with E-state index < -0.39 is 54.2 Å². The summed E-state index contributed by atoms with van der Waals surface area (Å²) in [5, 5.41) is 1.54. The average Bonchev–Trinajstić information content (AvgIpc) is 2.99. The van der Waals surface area contributed by atoms with Crippen LogP contribution in [0.5, 0.6) is 34.5 Å². The lowest BCUT2D eigenvalue weighted by atomic mass is 9.91. The van der Waals surface area contributed by atoms with Crippen molar-refractivity contribution in [3.8, 4) is 34.5 Å². The number of benzene rings is 4. The van der Waals surface area contributed by atoms with E-state index in [2.05, 4.69) is 0 Å². The van der Waals surface area contributed by atoms with Crippen LogP contribution in [-0.2, 0) is 31.2 Å². The van der Waals surface area contributed by atoms with Gasteiger partial charge < -0.3 is 25.1 Å². The van der Waals surface area contributed by atoms with Crippen LogP contribution in [0.25, 0.3) is 32.3 Å². The van der Waals surface area contributed by atoms with Gasteiger partial charge in [0.25, 0.3) is 0 Å². The lowest BCUT2D eigenvalue weighted by molar-refractivity contribution is 0.356. The van der Waals surface area contributed by atoms with E-state index in [-0.39, 0.29) is 33.0 Å². The Bertz CT molecular complexity index is 1870. The zero-order valence-electron chi connectivity index (χ0n) is 14.4. The highest BCUT2D eigenvalue weighted by atomic mass is 32.3. The molecule has 0 atom stereocenters. The van der Waals surface area contributed by atoms with Crippen LogP contribution in [0.4, 0.5) is 0 Å². The Labute approximate surface area is 172 Å². The summed E-state index contributed by atoms with van der Waals surface area (Å²) in [6, 6.07) is 6.12. The van der Waals surface area contributed by atoms with E-state index in [1.807, 2.05) is 0 Å². The molecule has 7 rings (SSSR count). The summed E-state index contributed by atoms with van der Waals surface area (Å²) in [5.41, 5.74) is 0. The molecular formula is C16H4O12S3. The fourth-order valence-electron chi connectivity index (χ4n) is 4.11. The first-order valence-electron chi connectivity index (χ1n) is 8.30. The highest BCUT2D eigenvalue weighted by Gasteiger charge is 2.45. The summed E-state index contributed by atoms with van der Waals surface area (Å²) >= 11 is 0. The SMILES string of the molecule is O=S1(=O)Oc2c(c3ccc4ccc5c6c(c7c(c2OS(=O)(=O)O7)c3c46)OS(=O)(=O)O5)O1. The van der Waals surface area contributed by atoms with Crippen LogP contribution >= 0.6 is 0 Å². The van der Waals surface area contributed by atoms with Gasteiger partial charge in [-0.2, -0.15) is 0 Å². The molecule has 0 bridgehead atoms. The maximum absolute atomic E-state index is 12.3. The van der Waals surface area contributed by atoms with Gasteiger partial charge in [0.2, 0.25) is 28.7 Å². The van der Waals surface area contributed by atoms with Gasteiger partial charge in [0, 0.05) is 16.2 Å². The maximum Gasteiger partial charge on any atom is 0.501 e. The molecule has 0 aliphatic carbocycles. The lowest BCUT2D eigenvalue weighted by Gasteiger charge is -2.26. The van der Waals surface area contributed by atoms with Crippen LogP contribution in [0.1, 0.15) is 0 Å². The van der Waals surface area contributed by atoms with Gasteiger partial charge in [-0.15, -0.1) is 25.3 Å². The van der Waals surface area contributed by atoms with E-state index in [0.29, 0.717) is 10.8 Å². The number of hydrogen-bond donors (Lipinski definition) is 0. The topological polar surface area (TPSA) is 158 Å². The molecule has 31 heavy (non-hydrogen) atoms. The molecule has 0 fully saturated rings. The van der Waals surface area contributed by atoms with Crippen LogP contribution in [0.3, 0.4) is 0 Å². The van der Waals surface area contributed by atoms with E-state index in [4.69, 9.17) is 25.1 Å². The smallest absolute Gasteiger partial charge is 0.352 e. The Balaban J connectivity index is 1.84. The molecule has 0 saturated heterocycles. The highest BCUT2D eigenvalue weighted by molar-refractivity contribution is 7.83.